The Balaban J connectivity index is 2.15. The van der Waals surface area contributed by atoms with E-state index in [9.17, 15) is 9.59 Å². The van der Waals surface area contributed by atoms with E-state index in [2.05, 4.69) is 0 Å². The van der Waals surface area contributed by atoms with Crippen molar-refractivity contribution in [1.82, 2.24) is 4.90 Å². The standard InChI is InChI=1S/C13H21NO4S2/c1-12(2,3)18-11(16)14-8-13(19-5-6-20-13)7-9(14)10(15)17-4/h9H,5-8H2,1-4H3. The minimum Gasteiger partial charge on any atom is -0.467 e. The van der Waals surface area contributed by atoms with E-state index in [1.165, 1.54) is 12.0 Å². The largest absolute Gasteiger partial charge is 0.467 e. The van der Waals surface area contributed by atoms with Gasteiger partial charge in [0.25, 0.3) is 0 Å². The molecule has 2 fully saturated rings. The number of carbonyl (C=O) groups is 2. The summed E-state index contributed by atoms with van der Waals surface area (Å²) in [5.41, 5.74) is -0.566. The van der Waals surface area contributed by atoms with Crippen LogP contribution in [0.3, 0.4) is 0 Å². The second kappa shape index (κ2) is 5.67. The van der Waals surface area contributed by atoms with Gasteiger partial charge in [-0.15, -0.1) is 23.5 Å². The molecule has 5 nitrogen and oxygen atoms in total. The first-order chi connectivity index (χ1) is 9.26. The van der Waals surface area contributed by atoms with Gasteiger partial charge < -0.3 is 9.47 Å². The summed E-state index contributed by atoms with van der Waals surface area (Å²) in [4.78, 5) is 25.8. The molecule has 20 heavy (non-hydrogen) atoms. The summed E-state index contributed by atoms with van der Waals surface area (Å²) in [6.45, 7) is 6.01. The number of esters is 1. The van der Waals surface area contributed by atoms with Crippen molar-refractivity contribution in [3.63, 3.8) is 0 Å². The van der Waals surface area contributed by atoms with E-state index in [1.807, 2.05) is 44.3 Å². The van der Waals surface area contributed by atoms with Crippen molar-refractivity contribution in [1.29, 1.82) is 0 Å². The number of hydrogen-bond donors (Lipinski definition) is 0. The van der Waals surface area contributed by atoms with Gasteiger partial charge >= 0.3 is 12.1 Å². The van der Waals surface area contributed by atoms with Crippen LogP contribution >= 0.6 is 23.5 Å². The predicted octanol–water partition coefficient (Wildman–Crippen LogP) is 2.35. The van der Waals surface area contributed by atoms with Crippen LogP contribution in [0.25, 0.3) is 0 Å². The number of nitrogens with zero attached hydrogens (tertiary/aromatic N) is 1. The zero-order valence-electron chi connectivity index (χ0n) is 12.3. The molecule has 2 aliphatic rings. The zero-order valence-corrected chi connectivity index (χ0v) is 13.9. The topological polar surface area (TPSA) is 55.8 Å². The number of likely N-dealkylation sites (tertiary alicyclic amines) is 1. The van der Waals surface area contributed by atoms with E-state index < -0.39 is 17.7 Å². The zero-order chi connectivity index (χ0) is 15.0. The molecule has 2 saturated heterocycles. The van der Waals surface area contributed by atoms with Crippen molar-refractivity contribution in [2.45, 2.75) is 42.9 Å². The molecule has 0 radical (unpaired) electrons. The highest BCUT2D eigenvalue weighted by atomic mass is 32.2. The van der Waals surface area contributed by atoms with Crippen molar-refractivity contribution in [2.75, 3.05) is 25.2 Å². The molecule has 0 bridgehead atoms. The lowest BCUT2D eigenvalue weighted by Crippen LogP contribution is -2.44. The molecule has 114 valence electrons. The molecule has 7 heteroatoms. The summed E-state index contributed by atoms with van der Waals surface area (Å²) < 4.78 is 10.2. The minimum absolute atomic E-state index is 0.0736. The number of rotatable bonds is 1. The van der Waals surface area contributed by atoms with Crippen LogP contribution in [0.1, 0.15) is 27.2 Å². The predicted molar refractivity (Wildman–Crippen MR) is 81.0 cm³/mol. The first-order valence-corrected chi connectivity index (χ1v) is 8.59. The van der Waals surface area contributed by atoms with Crippen molar-refractivity contribution in [2.24, 2.45) is 0 Å². The average Bonchev–Trinajstić information content (AvgIpc) is 2.94. The Labute approximate surface area is 128 Å². The minimum atomic E-state index is -0.566. The molecule has 1 atom stereocenters. The molecule has 0 N–H and O–H groups in total. The molecule has 2 aliphatic heterocycles. The van der Waals surface area contributed by atoms with Gasteiger partial charge in [-0.1, -0.05) is 0 Å². The summed E-state index contributed by atoms with van der Waals surface area (Å²) >= 11 is 3.66. The van der Waals surface area contributed by atoms with E-state index in [0.717, 1.165) is 11.5 Å². The van der Waals surface area contributed by atoms with Gasteiger partial charge in [-0.05, 0) is 20.8 Å². The molecule has 0 saturated carbocycles. The molecule has 0 aromatic heterocycles. The van der Waals surface area contributed by atoms with Gasteiger partial charge in [-0.25, -0.2) is 9.59 Å². The quantitative estimate of drug-likeness (QED) is 0.692. The van der Waals surface area contributed by atoms with Crippen molar-refractivity contribution >= 4 is 35.6 Å². The van der Waals surface area contributed by atoms with Crippen LogP contribution in [0.15, 0.2) is 0 Å². The molecule has 1 spiro atoms. The highest BCUT2D eigenvalue weighted by Gasteiger charge is 2.52. The molecule has 0 aromatic carbocycles. The third-order valence-corrected chi connectivity index (χ3v) is 6.63. The monoisotopic (exact) mass is 319 g/mol. The van der Waals surface area contributed by atoms with Gasteiger partial charge in [0.05, 0.1) is 11.2 Å². The Hall–Kier alpha value is -0.560. The van der Waals surface area contributed by atoms with Crippen LogP contribution < -0.4 is 0 Å². The van der Waals surface area contributed by atoms with Crippen LogP contribution in [0.2, 0.25) is 0 Å². The van der Waals surface area contributed by atoms with Crippen molar-refractivity contribution in [3.05, 3.63) is 0 Å². The van der Waals surface area contributed by atoms with E-state index >= 15 is 0 Å². The van der Waals surface area contributed by atoms with E-state index in [1.54, 1.807) is 0 Å². The Morgan fingerprint density at radius 2 is 1.85 bits per heavy atom. The van der Waals surface area contributed by atoms with Gasteiger partial charge in [0.1, 0.15) is 11.6 Å². The Bertz CT molecular complexity index is 402. The Morgan fingerprint density at radius 1 is 1.25 bits per heavy atom. The number of thioether (sulfide) groups is 2. The maximum Gasteiger partial charge on any atom is 0.411 e. The van der Waals surface area contributed by atoms with E-state index in [0.29, 0.717) is 13.0 Å². The smallest absolute Gasteiger partial charge is 0.411 e. The first kappa shape index (κ1) is 15.8. The molecule has 1 unspecified atom stereocenters. The molecule has 2 rings (SSSR count). The molecular weight excluding hydrogens is 298 g/mol. The number of amides is 1. The van der Waals surface area contributed by atoms with Gasteiger partial charge in [-0.3, -0.25) is 4.90 Å². The number of carbonyl (C=O) groups excluding carboxylic acids is 2. The average molecular weight is 319 g/mol. The normalized spacial score (nSPS) is 25.0. The lowest BCUT2D eigenvalue weighted by Gasteiger charge is -2.27. The third kappa shape index (κ3) is 3.36. The third-order valence-electron chi connectivity index (χ3n) is 3.21. The maximum absolute atomic E-state index is 12.3. The van der Waals surface area contributed by atoms with Gasteiger partial charge in [-0.2, -0.15) is 0 Å². The highest BCUT2D eigenvalue weighted by Crippen LogP contribution is 2.52. The molecular formula is C13H21NO4S2. The number of hydrogen-bond acceptors (Lipinski definition) is 6. The summed E-state index contributed by atoms with van der Waals surface area (Å²) in [6, 6.07) is -0.534. The van der Waals surface area contributed by atoms with E-state index in [-0.39, 0.29) is 10.0 Å². The lowest BCUT2D eigenvalue weighted by molar-refractivity contribution is -0.145. The summed E-state index contributed by atoms with van der Waals surface area (Å²) in [7, 11) is 1.36. The van der Waals surface area contributed by atoms with E-state index in [4.69, 9.17) is 9.47 Å². The van der Waals surface area contributed by atoms with Gasteiger partial charge in [0, 0.05) is 24.5 Å². The SMILES string of the molecule is COC(=O)C1CC2(CN1C(=O)OC(C)(C)C)SCCS2. The van der Waals surface area contributed by atoms with Crippen LogP contribution in [0.4, 0.5) is 4.79 Å². The first-order valence-electron chi connectivity index (χ1n) is 6.62. The van der Waals surface area contributed by atoms with Crippen molar-refractivity contribution < 1.29 is 19.1 Å². The fraction of sp³-hybridized carbons (Fsp3) is 0.846. The second-order valence-corrected chi connectivity index (χ2v) is 9.17. The second-order valence-electron chi connectivity index (χ2n) is 5.96. The fourth-order valence-electron chi connectivity index (χ4n) is 2.40. The summed E-state index contributed by atoms with van der Waals surface area (Å²) in [5, 5.41) is 0. The molecule has 0 aromatic rings. The maximum atomic E-state index is 12.3. The Kier molecular flexibility index (Phi) is 4.49. The fourth-order valence-corrected chi connectivity index (χ4v) is 5.66. The Morgan fingerprint density at radius 3 is 2.35 bits per heavy atom. The van der Waals surface area contributed by atoms with Gasteiger partial charge in [0.2, 0.25) is 0 Å². The van der Waals surface area contributed by atoms with Crippen LogP contribution in [-0.2, 0) is 14.3 Å². The molecule has 2 heterocycles. The molecule has 0 aliphatic carbocycles. The lowest BCUT2D eigenvalue weighted by atomic mass is 10.2. The van der Waals surface area contributed by atoms with Crippen LogP contribution in [0, 0.1) is 0 Å². The molecule has 1 amide bonds. The van der Waals surface area contributed by atoms with Crippen molar-refractivity contribution in [3.8, 4) is 0 Å². The van der Waals surface area contributed by atoms with Crippen LogP contribution in [-0.4, -0.2) is 57.8 Å². The summed E-state index contributed by atoms with van der Waals surface area (Å²) in [6.07, 6.45) is 0.201. The summed E-state index contributed by atoms with van der Waals surface area (Å²) in [5.74, 6) is 1.75. The highest BCUT2D eigenvalue weighted by molar-refractivity contribution is 8.21. The van der Waals surface area contributed by atoms with Crippen LogP contribution in [0.5, 0.6) is 0 Å². The van der Waals surface area contributed by atoms with Gasteiger partial charge in [0.15, 0.2) is 0 Å². The number of methoxy groups -OCH3 is 1. The number of ether oxygens (including phenoxy) is 2.